The fourth-order valence-electron chi connectivity index (χ4n) is 1.92. The van der Waals surface area contributed by atoms with Crippen LogP contribution >= 0.6 is 0 Å². The van der Waals surface area contributed by atoms with E-state index >= 15 is 0 Å². The average Bonchev–Trinajstić information content (AvgIpc) is 2.92. The molecule has 0 aromatic rings. The van der Waals surface area contributed by atoms with Gasteiger partial charge in [0.2, 0.25) is 0 Å². The average molecular weight is 213 g/mol. The lowest BCUT2D eigenvalue weighted by molar-refractivity contribution is 0.0166. The summed E-state index contributed by atoms with van der Waals surface area (Å²) in [4.78, 5) is 0. The summed E-state index contributed by atoms with van der Waals surface area (Å²) in [6, 6.07) is 0. The van der Waals surface area contributed by atoms with Crippen LogP contribution in [0, 0.1) is 5.92 Å². The number of hydrogen-bond acceptors (Lipinski definition) is 3. The van der Waals surface area contributed by atoms with Crippen LogP contribution in [0.3, 0.4) is 0 Å². The highest BCUT2D eigenvalue weighted by molar-refractivity contribution is 4.74. The van der Waals surface area contributed by atoms with Crippen LogP contribution in [0.25, 0.3) is 0 Å². The van der Waals surface area contributed by atoms with Crippen molar-refractivity contribution < 1.29 is 9.47 Å². The molecule has 0 aromatic heterocycles. The Morgan fingerprint density at radius 2 is 2.20 bits per heavy atom. The first kappa shape index (κ1) is 11.4. The SMILES string of the molecule is C(CNCC1CC1)COCC1CCCO1. The molecule has 1 aliphatic heterocycles. The minimum Gasteiger partial charge on any atom is -0.379 e. The van der Waals surface area contributed by atoms with Gasteiger partial charge in [0.05, 0.1) is 12.7 Å². The summed E-state index contributed by atoms with van der Waals surface area (Å²) in [5.74, 6) is 0.984. The highest BCUT2D eigenvalue weighted by atomic mass is 16.5. The summed E-state index contributed by atoms with van der Waals surface area (Å²) >= 11 is 0. The molecule has 0 spiro atoms. The van der Waals surface area contributed by atoms with E-state index < -0.39 is 0 Å². The molecule has 15 heavy (non-hydrogen) atoms. The Labute approximate surface area is 92.5 Å². The zero-order chi connectivity index (χ0) is 10.3. The van der Waals surface area contributed by atoms with Gasteiger partial charge in [-0.2, -0.15) is 0 Å². The van der Waals surface area contributed by atoms with Gasteiger partial charge in [-0.05, 0) is 51.1 Å². The number of nitrogens with one attached hydrogen (secondary N) is 1. The Morgan fingerprint density at radius 3 is 2.93 bits per heavy atom. The van der Waals surface area contributed by atoms with Gasteiger partial charge in [0.1, 0.15) is 0 Å². The Bertz CT molecular complexity index is 165. The van der Waals surface area contributed by atoms with E-state index in [-0.39, 0.29) is 0 Å². The minimum absolute atomic E-state index is 0.379. The van der Waals surface area contributed by atoms with Gasteiger partial charge in [0.25, 0.3) is 0 Å². The molecule has 1 saturated heterocycles. The van der Waals surface area contributed by atoms with Crippen molar-refractivity contribution in [1.82, 2.24) is 5.32 Å². The van der Waals surface area contributed by atoms with Gasteiger partial charge in [0.15, 0.2) is 0 Å². The van der Waals surface area contributed by atoms with Crippen molar-refractivity contribution >= 4 is 0 Å². The van der Waals surface area contributed by atoms with E-state index in [0.29, 0.717) is 6.10 Å². The summed E-state index contributed by atoms with van der Waals surface area (Å²) < 4.78 is 11.1. The van der Waals surface area contributed by atoms with Crippen molar-refractivity contribution in [3.05, 3.63) is 0 Å². The molecule has 1 aliphatic carbocycles. The summed E-state index contributed by atoms with van der Waals surface area (Å²) in [6.45, 7) is 4.91. The fourth-order valence-corrected chi connectivity index (χ4v) is 1.92. The smallest absolute Gasteiger partial charge is 0.0809 e. The molecule has 3 heteroatoms. The van der Waals surface area contributed by atoms with Gasteiger partial charge >= 0.3 is 0 Å². The van der Waals surface area contributed by atoms with Crippen molar-refractivity contribution in [2.45, 2.75) is 38.2 Å². The number of hydrogen-bond donors (Lipinski definition) is 1. The maximum absolute atomic E-state index is 5.58. The highest BCUT2D eigenvalue weighted by Crippen LogP contribution is 2.27. The predicted octanol–water partition coefficient (Wildman–Crippen LogP) is 1.57. The molecule has 2 rings (SSSR count). The van der Waals surface area contributed by atoms with Crippen molar-refractivity contribution in [3.8, 4) is 0 Å². The fraction of sp³-hybridized carbons (Fsp3) is 1.00. The predicted molar refractivity (Wildman–Crippen MR) is 60.0 cm³/mol. The molecule has 3 nitrogen and oxygen atoms in total. The highest BCUT2D eigenvalue weighted by Gasteiger charge is 2.19. The number of rotatable bonds is 8. The van der Waals surface area contributed by atoms with Gasteiger partial charge in [-0.15, -0.1) is 0 Å². The normalized spacial score (nSPS) is 26.0. The summed E-state index contributed by atoms with van der Waals surface area (Å²) in [6.07, 6.45) is 6.76. The third kappa shape index (κ3) is 4.96. The first-order chi connectivity index (χ1) is 7.45. The maximum Gasteiger partial charge on any atom is 0.0809 e. The Kier molecular flexibility index (Phi) is 4.90. The molecule has 0 radical (unpaired) electrons. The molecule has 2 fully saturated rings. The van der Waals surface area contributed by atoms with Crippen LogP contribution in [0.4, 0.5) is 0 Å². The van der Waals surface area contributed by atoms with Crippen molar-refractivity contribution in [3.63, 3.8) is 0 Å². The minimum atomic E-state index is 0.379. The lowest BCUT2D eigenvalue weighted by Gasteiger charge is -2.10. The van der Waals surface area contributed by atoms with Crippen LogP contribution in [0.2, 0.25) is 0 Å². The molecule has 1 N–H and O–H groups in total. The van der Waals surface area contributed by atoms with Crippen molar-refractivity contribution in [1.29, 1.82) is 0 Å². The molecule has 2 aliphatic rings. The molecule has 0 bridgehead atoms. The molecule has 0 amide bonds. The lowest BCUT2D eigenvalue weighted by atomic mass is 10.2. The van der Waals surface area contributed by atoms with Gasteiger partial charge in [-0.25, -0.2) is 0 Å². The Balaban J connectivity index is 1.32. The third-order valence-electron chi connectivity index (χ3n) is 3.10. The quantitative estimate of drug-likeness (QED) is 0.621. The van der Waals surface area contributed by atoms with Crippen molar-refractivity contribution in [2.75, 3.05) is 32.9 Å². The molecular weight excluding hydrogens is 190 g/mol. The topological polar surface area (TPSA) is 30.5 Å². The summed E-state index contributed by atoms with van der Waals surface area (Å²) in [7, 11) is 0. The molecule has 88 valence electrons. The summed E-state index contributed by atoms with van der Waals surface area (Å²) in [5, 5.41) is 3.46. The zero-order valence-electron chi connectivity index (χ0n) is 9.54. The van der Waals surface area contributed by atoms with E-state index in [4.69, 9.17) is 9.47 Å². The molecule has 1 heterocycles. The second kappa shape index (κ2) is 6.46. The van der Waals surface area contributed by atoms with Gasteiger partial charge in [0, 0.05) is 13.2 Å². The van der Waals surface area contributed by atoms with Crippen molar-refractivity contribution in [2.24, 2.45) is 5.92 Å². The van der Waals surface area contributed by atoms with E-state index in [2.05, 4.69) is 5.32 Å². The first-order valence-electron chi connectivity index (χ1n) is 6.35. The Morgan fingerprint density at radius 1 is 1.27 bits per heavy atom. The van der Waals surface area contributed by atoms with Crippen LogP contribution in [0.1, 0.15) is 32.1 Å². The van der Waals surface area contributed by atoms with E-state index in [9.17, 15) is 0 Å². The second-order valence-electron chi connectivity index (χ2n) is 4.71. The monoisotopic (exact) mass is 213 g/mol. The molecule has 1 unspecified atom stereocenters. The van der Waals surface area contributed by atoms with E-state index in [0.717, 1.165) is 38.7 Å². The van der Waals surface area contributed by atoms with Gasteiger partial charge < -0.3 is 14.8 Å². The third-order valence-corrected chi connectivity index (χ3v) is 3.10. The molecular formula is C12H23NO2. The van der Waals surface area contributed by atoms with Crippen LogP contribution in [-0.4, -0.2) is 39.0 Å². The Hall–Kier alpha value is -0.120. The zero-order valence-corrected chi connectivity index (χ0v) is 9.54. The van der Waals surface area contributed by atoms with Crippen LogP contribution in [0.5, 0.6) is 0 Å². The molecule has 0 aromatic carbocycles. The van der Waals surface area contributed by atoms with Gasteiger partial charge in [-0.3, -0.25) is 0 Å². The first-order valence-corrected chi connectivity index (χ1v) is 6.35. The summed E-state index contributed by atoms with van der Waals surface area (Å²) in [5.41, 5.74) is 0. The van der Waals surface area contributed by atoms with E-state index in [1.807, 2.05) is 0 Å². The molecule has 1 atom stereocenters. The number of ether oxygens (including phenoxy) is 2. The van der Waals surface area contributed by atoms with Gasteiger partial charge in [-0.1, -0.05) is 0 Å². The van der Waals surface area contributed by atoms with Crippen LogP contribution in [-0.2, 0) is 9.47 Å². The second-order valence-corrected chi connectivity index (χ2v) is 4.71. The lowest BCUT2D eigenvalue weighted by Crippen LogP contribution is -2.20. The van der Waals surface area contributed by atoms with E-state index in [1.165, 1.54) is 32.2 Å². The molecule has 1 saturated carbocycles. The standard InChI is InChI=1S/C12H23NO2/c1-3-12(15-8-1)10-14-7-2-6-13-9-11-4-5-11/h11-13H,1-10H2. The maximum atomic E-state index is 5.58. The largest absolute Gasteiger partial charge is 0.379 e. The van der Waals surface area contributed by atoms with Crippen LogP contribution < -0.4 is 5.32 Å². The van der Waals surface area contributed by atoms with Crippen LogP contribution in [0.15, 0.2) is 0 Å². The van der Waals surface area contributed by atoms with E-state index in [1.54, 1.807) is 0 Å².